The van der Waals surface area contributed by atoms with Gasteiger partial charge in [0.25, 0.3) is 0 Å². The number of anilines is 1. The van der Waals surface area contributed by atoms with E-state index in [1.165, 1.54) is 0 Å². The van der Waals surface area contributed by atoms with Crippen LogP contribution in [0.4, 0.5) is 10.6 Å². The van der Waals surface area contributed by atoms with E-state index in [2.05, 4.69) is 25.8 Å². The molecule has 0 radical (unpaired) electrons. The Morgan fingerprint density at radius 1 is 1.48 bits per heavy atom. The summed E-state index contributed by atoms with van der Waals surface area (Å²) < 4.78 is 6.46. The summed E-state index contributed by atoms with van der Waals surface area (Å²) in [6.45, 7) is 8.12. The van der Waals surface area contributed by atoms with E-state index in [0.29, 0.717) is 5.92 Å². The molecule has 0 saturated carbocycles. The van der Waals surface area contributed by atoms with E-state index >= 15 is 0 Å². The number of carbonyl (C=O) groups excluding carboxylic acids is 1. The predicted molar refractivity (Wildman–Crippen MR) is 95.7 cm³/mol. The molecule has 1 amide bonds. The number of rotatable bonds is 3. The minimum absolute atomic E-state index is 0.202. The highest BCUT2D eigenvalue weighted by Gasteiger charge is 2.28. The summed E-state index contributed by atoms with van der Waals surface area (Å²) in [5, 5.41) is 0. The first-order valence-corrected chi connectivity index (χ1v) is 8.84. The lowest BCUT2D eigenvalue weighted by atomic mass is 9.98. The molecule has 6 heteroatoms. The third kappa shape index (κ3) is 5.68. The summed E-state index contributed by atoms with van der Waals surface area (Å²) in [4.78, 5) is 20.6. The Morgan fingerprint density at radius 3 is 2.83 bits per heavy atom. The molecular formula is C17H26BrN3O2. The average molecular weight is 384 g/mol. The number of pyridine rings is 1. The van der Waals surface area contributed by atoms with Gasteiger partial charge < -0.3 is 14.5 Å². The molecule has 23 heavy (non-hydrogen) atoms. The maximum absolute atomic E-state index is 12.2. The fourth-order valence-corrected chi connectivity index (χ4v) is 3.02. The van der Waals surface area contributed by atoms with Crippen LogP contribution in [0, 0.1) is 5.92 Å². The Bertz CT molecular complexity index is 528. The Hall–Kier alpha value is -1.30. The van der Waals surface area contributed by atoms with Gasteiger partial charge in [0.1, 0.15) is 11.4 Å². The molecule has 1 saturated heterocycles. The summed E-state index contributed by atoms with van der Waals surface area (Å²) >= 11 is 3.40. The molecular weight excluding hydrogens is 358 g/mol. The summed E-state index contributed by atoms with van der Waals surface area (Å²) in [6, 6.07) is 3.99. The lowest BCUT2D eigenvalue weighted by Crippen LogP contribution is -2.45. The molecule has 5 nitrogen and oxygen atoms in total. The molecule has 1 aromatic heterocycles. The molecule has 0 spiro atoms. The second-order valence-electron chi connectivity index (χ2n) is 7.15. The van der Waals surface area contributed by atoms with Gasteiger partial charge in [-0.05, 0) is 67.6 Å². The highest BCUT2D eigenvalue weighted by atomic mass is 79.9. The van der Waals surface area contributed by atoms with Gasteiger partial charge in [0.05, 0.1) is 0 Å². The average Bonchev–Trinajstić information content (AvgIpc) is 2.46. The molecule has 0 bridgehead atoms. The SMILES string of the molecule is CN(C[C@@H]1CCCN(C(=O)OC(C)(C)C)C1)c1ccc(Br)cn1. The lowest BCUT2D eigenvalue weighted by Gasteiger charge is -2.35. The minimum Gasteiger partial charge on any atom is -0.444 e. The summed E-state index contributed by atoms with van der Waals surface area (Å²) in [6.07, 6.45) is 3.75. The van der Waals surface area contributed by atoms with Gasteiger partial charge in [-0.25, -0.2) is 9.78 Å². The molecule has 2 heterocycles. The number of hydrogen-bond acceptors (Lipinski definition) is 4. The van der Waals surface area contributed by atoms with Crippen LogP contribution in [0.25, 0.3) is 0 Å². The Labute approximate surface area is 147 Å². The summed E-state index contributed by atoms with van der Waals surface area (Å²) in [5.41, 5.74) is -0.442. The predicted octanol–water partition coefficient (Wildman–Crippen LogP) is 3.93. The molecule has 1 aromatic rings. The highest BCUT2D eigenvalue weighted by Crippen LogP contribution is 2.22. The minimum atomic E-state index is -0.442. The van der Waals surface area contributed by atoms with Gasteiger partial charge >= 0.3 is 6.09 Å². The van der Waals surface area contributed by atoms with Gasteiger partial charge in [0.15, 0.2) is 0 Å². The molecule has 1 aliphatic rings. The number of amides is 1. The number of hydrogen-bond donors (Lipinski definition) is 0. The van der Waals surface area contributed by atoms with Crippen LogP contribution in [0.5, 0.6) is 0 Å². The van der Waals surface area contributed by atoms with Crippen molar-refractivity contribution < 1.29 is 9.53 Å². The van der Waals surface area contributed by atoms with E-state index in [4.69, 9.17) is 4.74 Å². The molecule has 0 N–H and O–H groups in total. The zero-order valence-corrected chi connectivity index (χ0v) is 16.0. The normalized spacial score (nSPS) is 18.7. The van der Waals surface area contributed by atoms with Gasteiger partial charge in [-0.2, -0.15) is 0 Å². The number of piperidine rings is 1. The molecule has 0 aromatic carbocycles. The van der Waals surface area contributed by atoms with Crippen molar-refractivity contribution in [2.45, 2.75) is 39.2 Å². The zero-order chi connectivity index (χ0) is 17.0. The van der Waals surface area contributed by atoms with E-state index in [1.807, 2.05) is 44.9 Å². The smallest absolute Gasteiger partial charge is 0.410 e. The van der Waals surface area contributed by atoms with Crippen LogP contribution in [0.3, 0.4) is 0 Å². The van der Waals surface area contributed by atoms with Gasteiger partial charge in [-0.3, -0.25) is 0 Å². The van der Waals surface area contributed by atoms with Crippen molar-refractivity contribution in [3.63, 3.8) is 0 Å². The maximum atomic E-state index is 12.2. The van der Waals surface area contributed by atoms with Gasteiger partial charge in [0.2, 0.25) is 0 Å². The Balaban J connectivity index is 1.90. The number of aromatic nitrogens is 1. The molecule has 2 rings (SSSR count). The van der Waals surface area contributed by atoms with Crippen LogP contribution in [-0.4, -0.2) is 48.3 Å². The Kier molecular flexibility index (Phi) is 5.89. The number of likely N-dealkylation sites (tertiary alicyclic amines) is 1. The van der Waals surface area contributed by atoms with Crippen LogP contribution < -0.4 is 4.90 Å². The van der Waals surface area contributed by atoms with Crippen LogP contribution in [0.15, 0.2) is 22.8 Å². The third-order valence-corrected chi connectivity index (χ3v) is 4.27. The summed E-state index contributed by atoms with van der Waals surface area (Å²) in [7, 11) is 2.04. The van der Waals surface area contributed by atoms with E-state index in [-0.39, 0.29) is 6.09 Å². The van der Waals surface area contributed by atoms with Crippen molar-refractivity contribution in [2.24, 2.45) is 5.92 Å². The first-order valence-electron chi connectivity index (χ1n) is 8.05. The van der Waals surface area contributed by atoms with Gasteiger partial charge in [-0.15, -0.1) is 0 Å². The standard InChI is InChI=1S/C17H26BrN3O2/c1-17(2,3)23-16(22)21-9-5-6-13(12-21)11-20(4)15-8-7-14(18)10-19-15/h7-8,10,13H,5-6,9,11-12H2,1-4H3/t13-/m0/s1. The molecule has 1 atom stereocenters. The van der Waals surface area contributed by atoms with Crippen LogP contribution in [0.2, 0.25) is 0 Å². The highest BCUT2D eigenvalue weighted by molar-refractivity contribution is 9.10. The van der Waals surface area contributed by atoms with Crippen LogP contribution >= 0.6 is 15.9 Å². The van der Waals surface area contributed by atoms with Crippen molar-refractivity contribution in [1.82, 2.24) is 9.88 Å². The van der Waals surface area contributed by atoms with Crippen LogP contribution in [-0.2, 0) is 4.74 Å². The third-order valence-electron chi connectivity index (χ3n) is 3.81. The second-order valence-corrected chi connectivity index (χ2v) is 8.07. The molecule has 0 unspecified atom stereocenters. The largest absolute Gasteiger partial charge is 0.444 e. The fourth-order valence-electron chi connectivity index (χ4n) is 2.78. The van der Waals surface area contributed by atoms with Crippen molar-refractivity contribution in [3.05, 3.63) is 22.8 Å². The van der Waals surface area contributed by atoms with Gasteiger partial charge in [0, 0.05) is 37.4 Å². The summed E-state index contributed by atoms with van der Waals surface area (Å²) in [5.74, 6) is 1.38. The van der Waals surface area contributed by atoms with Crippen molar-refractivity contribution >= 4 is 27.8 Å². The van der Waals surface area contributed by atoms with E-state index in [0.717, 1.165) is 42.8 Å². The van der Waals surface area contributed by atoms with Crippen LogP contribution in [0.1, 0.15) is 33.6 Å². The topological polar surface area (TPSA) is 45.7 Å². The Morgan fingerprint density at radius 2 is 2.22 bits per heavy atom. The second kappa shape index (κ2) is 7.51. The van der Waals surface area contributed by atoms with Crippen molar-refractivity contribution in [3.8, 4) is 0 Å². The molecule has 1 fully saturated rings. The van der Waals surface area contributed by atoms with Crippen molar-refractivity contribution in [1.29, 1.82) is 0 Å². The number of halogens is 1. The zero-order valence-electron chi connectivity index (χ0n) is 14.4. The quantitative estimate of drug-likeness (QED) is 0.792. The first-order chi connectivity index (χ1) is 10.7. The fraction of sp³-hybridized carbons (Fsp3) is 0.647. The van der Waals surface area contributed by atoms with Crippen molar-refractivity contribution in [2.75, 3.05) is 31.6 Å². The first kappa shape index (κ1) is 18.0. The van der Waals surface area contributed by atoms with E-state index in [1.54, 1.807) is 6.20 Å². The number of ether oxygens (including phenoxy) is 1. The molecule has 0 aliphatic carbocycles. The molecule has 128 valence electrons. The van der Waals surface area contributed by atoms with E-state index < -0.39 is 5.60 Å². The number of nitrogens with zero attached hydrogens (tertiary/aromatic N) is 3. The lowest BCUT2D eigenvalue weighted by molar-refractivity contribution is 0.0170. The monoisotopic (exact) mass is 383 g/mol. The van der Waals surface area contributed by atoms with Gasteiger partial charge in [-0.1, -0.05) is 0 Å². The number of carbonyl (C=O) groups is 1. The van der Waals surface area contributed by atoms with E-state index in [9.17, 15) is 4.79 Å². The molecule has 1 aliphatic heterocycles. The maximum Gasteiger partial charge on any atom is 0.410 e.